The third-order valence-electron chi connectivity index (χ3n) is 3.22. The van der Waals surface area contributed by atoms with Crippen LogP contribution in [0.15, 0.2) is 30.3 Å². The minimum absolute atomic E-state index is 0.0612. The first-order valence-corrected chi connectivity index (χ1v) is 7.03. The molecule has 0 saturated carbocycles. The molecule has 0 saturated heterocycles. The molecule has 0 radical (unpaired) electrons. The molecule has 10 heteroatoms. The minimum atomic E-state index is -1.81. The van der Waals surface area contributed by atoms with Gasteiger partial charge in [-0.2, -0.15) is 0 Å². The average Bonchev–Trinajstić information content (AvgIpc) is 2.62. The maximum absolute atomic E-state index is 11.0. The summed E-state index contributed by atoms with van der Waals surface area (Å²) in [5.74, 6) is 0. The van der Waals surface area contributed by atoms with E-state index in [1.807, 2.05) is 6.07 Å². The summed E-state index contributed by atoms with van der Waals surface area (Å²) in [6.07, 6.45) is -6.41. The van der Waals surface area contributed by atoms with E-state index in [1.54, 1.807) is 24.3 Å². The van der Waals surface area contributed by atoms with Crippen LogP contribution in [-0.4, -0.2) is 74.9 Å². The van der Waals surface area contributed by atoms with Gasteiger partial charge in [0.2, 0.25) is 6.41 Å². The summed E-state index contributed by atoms with van der Waals surface area (Å²) in [7, 11) is 0. The lowest BCUT2D eigenvalue weighted by Crippen LogP contribution is -2.50. The third kappa shape index (κ3) is 6.47. The first-order valence-electron chi connectivity index (χ1n) is 7.03. The first kappa shape index (κ1) is 20.4. The molecule has 0 aliphatic heterocycles. The third-order valence-corrected chi connectivity index (χ3v) is 3.22. The van der Waals surface area contributed by atoms with Crippen LogP contribution in [0, 0.1) is 0 Å². The quantitative estimate of drug-likeness (QED) is 0.182. The number of benzene rings is 1. The van der Waals surface area contributed by atoms with Gasteiger partial charge in [0.15, 0.2) is 0 Å². The van der Waals surface area contributed by atoms with Gasteiger partial charge < -0.3 is 15.3 Å². The Bertz CT molecular complexity index is 461. The number of amides is 1. The van der Waals surface area contributed by atoms with Crippen molar-refractivity contribution in [1.82, 2.24) is 5.06 Å². The van der Waals surface area contributed by atoms with Crippen LogP contribution in [0.2, 0.25) is 0 Å². The van der Waals surface area contributed by atoms with Crippen molar-refractivity contribution in [2.45, 2.75) is 31.0 Å². The van der Waals surface area contributed by atoms with E-state index >= 15 is 0 Å². The molecular formula is C14H21NO9. The predicted octanol–water partition coefficient (Wildman–Crippen LogP) is -0.993. The smallest absolute Gasteiger partial charge is 0.233 e. The molecule has 1 unspecified atom stereocenters. The van der Waals surface area contributed by atoms with E-state index in [1.165, 1.54) is 0 Å². The fourth-order valence-electron chi connectivity index (χ4n) is 1.86. The van der Waals surface area contributed by atoms with E-state index < -0.39 is 37.6 Å². The fraction of sp³-hybridized carbons (Fsp3) is 0.500. The molecule has 5 N–H and O–H groups in total. The molecule has 1 amide bonds. The van der Waals surface area contributed by atoms with Gasteiger partial charge in [-0.05, 0) is 5.56 Å². The summed E-state index contributed by atoms with van der Waals surface area (Å²) in [4.78, 5) is 23.7. The molecule has 24 heavy (non-hydrogen) atoms. The van der Waals surface area contributed by atoms with Crippen molar-refractivity contribution in [3.8, 4) is 0 Å². The van der Waals surface area contributed by atoms with Gasteiger partial charge in [-0.3, -0.25) is 20.1 Å². The standard InChI is InChI=1S/C14H21NO9/c16-9-15(22-7-10-4-2-1-3-5-10)6-11(17)13(18)14(19)12(24-21)8-23-20/h1-5,9,11-14,17-21H,6-8H2/t11-,12?,13-,14+/m0/s1. The summed E-state index contributed by atoms with van der Waals surface area (Å²) in [5, 5.41) is 47.0. The molecule has 10 nitrogen and oxygen atoms in total. The number of hydrogen-bond donors (Lipinski definition) is 5. The lowest BCUT2D eigenvalue weighted by Gasteiger charge is -2.28. The van der Waals surface area contributed by atoms with Gasteiger partial charge in [0, 0.05) is 0 Å². The lowest BCUT2D eigenvalue weighted by molar-refractivity contribution is -0.346. The zero-order valence-corrected chi connectivity index (χ0v) is 12.7. The van der Waals surface area contributed by atoms with Crippen LogP contribution < -0.4 is 0 Å². The highest BCUT2D eigenvalue weighted by Crippen LogP contribution is 2.10. The highest BCUT2D eigenvalue weighted by atomic mass is 17.1. The van der Waals surface area contributed by atoms with E-state index in [2.05, 4.69) is 9.78 Å². The van der Waals surface area contributed by atoms with Crippen molar-refractivity contribution in [3.63, 3.8) is 0 Å². The molecule has 0 bridgehead atoms. The second-order valence-electron chi connectivity index (χ2n) is 4.95. The van der Waals surface area contributed by atoms with Crippen LogP contribution in [0.25, 0.3) is 0 Å². The van der Waals surface area contributed by atoms with E-state index in [9.17, 15) is 20.1 Å². The molecule has 136 valence electrons. The zero-order valence-electron chi connectivity index (χ0n) is 12.7. The lowest BCUT2D eigenvalue weighted by atomic mass is 10.0. The van der Waals surface area contributed by atoms with Crippen molar-refractivity contribution in [3.05, 3.63) is 35.9 Å². The molecule has 0 aliphatic carbocycles. The Morgan fingerprint density at radius 3 is 2.29 bits per heavy atom. The van der Waals surface area contributed by atoms with Crippen molar-refractivity contribution in [2.75, 3.05) is 13.2 Å². The van der Waals surface area contributed by atoms with Crippen molar-refractivity contribution < 1.29 is 45.2 Å². The highest BCUT2D eigenvalue weighted by molar-refractivity contribution is 5.45. The van der Waals surface area contributed by atoms with Crippen LogP contribution in [0.5, 0.6) is 0 Å². The minimum Gasteiger partial charge on any atom is -0.388 e. The Morgan fingerprint density at radius 1 is 1.08 bits per heavy atom. The number of hydroxylamine groups is 2. The summed E-state index contributed by atoms with van der Waals surface area (Å²) in [6, 6.07) is 8.94. The number of nitrogens with zero attached hydrogens (tertiary/aromatic N) is 1. The number of carbonyl (C=O) groups is 1. The number of carbonyl (C=O) groups excluding carboxylic acids is 1. The highest BCUT2D eigenvalue weighted by Gasteiger charge is 2.33. The molecule has 0 aromatic heterocycles. The summed E-state index contributed by atoms with van der Waals surface area (Å²) < 4.78 is 0. The van der Waals surface area contributed by atoms with Crippen molar-refractivity contribution in [2.24, 2.45) is 0 Å². The summed E-state index contributed by atoms with van der Waals surface area (Å²) >= 11 is 0. The zero-order chi connectivity index (χ0) is 17.9. The van der Waals surface area contributed by atoms with E-state index in [-0.39, 0.29) is 6.61 Å². The molecule has 0 fully saturated rings. The average molecular weight is 347 g/mol. The number of rotatable bonds is 12. The monoisotopic (exact) mass is 347 g/mol. The number of hydrogen-bond acceptors (Lipinski definition) is 9. The topological polar surface area (TPSA) is 149 Å². The van der Waals surface area contributed by atoms with Crippen molar-refractivity contribution >= 4 is 6.41 Å². The van der Waals surface area contributed by atoms with Gasteiger partial charge >= 0.3 is 0 Å². The van der Waals surface area contributed by atoms with Gasteiger partial charge in [0.05, 0.1) is 6.54 Å². The van der Waals surface area contributed by atoms with Gasteiger partial charge in [-0.15, -0.1) is 0 Å². The van der Waals surface area contributed by atoms with E-state index in [0.29, 0.717) is 6.41 Å². The Balaban J connectivity index is 2.52. The van der Waals surface area contributed by atoms with Gasteiger partial charge in [0.1, 0.15) is 37.6 Å². The largest absolute Gasteiger partial charge is 0.388 e. The predicted molar refractivity (Wildman–Crippen MR) is 78.1 cm³/mol. The summed E-state index contributed by atoms with van der Waals surface area (Å²) in [5.41, 5.74) is 0.785. The maximum atomic E-state index is 11.0. The van der Waals surface area contributed by atoms with Gasteiger partial charge in [-0.25, -0.2) is 14.8 Å². The molecule has 1 rings (SSSR count). The van der Waals surface area contributed by atoms with Crippen LogP contribution >= 0.6 is 0 Å². The molecular weight excluding hydrogens is 326 g/mol. The van der Waals surface area contributed by atoms with Crippen LogP contribution in [-0.2, 0) is 26.0 Å². The first-order chi connectivity index (χ1) is 11.5. The van der Waals surface area contributed by atoms with Crippen LogP contribution in [0.4, 0.5) is 0 Å². The second kappa shape index (κ2) is 11.0. The van der Waals surface area contributed by atoms with E-state index in [4.69, 9.17) is 15.4 Å². The Labute approximate surface area is 137 Å². The molecule has 1 aromatic rings. The van der Waals surface area contributed by atoms with Gasteiger partial charge in [0.25, 0.3) is 0 Å². The number of aliphatic hydroxyl groups excluding tert-OH is 3. The van der Waals surface area contributed by atoms with Gasteiger partial charge in [-0.1, -0.05) is 30.3 Å². The Morgan fingerprint density at radius 2 is 1.75 bits per heavy atom. The number of aliphatic hydroxyl groups is 3. The normalized spacial score (nSPS) is 16.2. The molecule has 0 spiro atoms. The Kier molecular flexibility index (Phi) is 9.37. The molecule has 4 atom stereocenters. The molecule has 0 aliphatic rings. The van der Waals surface area contributed by atoms with Crippen LogP contribution in [0.1, 0.15) is 5.56 Å². The fourth-order valence-corrected chi connectivity index (χ4v) is 1.86. The molecule has 0 heterocycles. The maximum Gasteiger partial charge on any atom is 0.233 e. The SMILES string of the molecule is O=CN(C[C@H](O)[C@H](O)[C@H](O)C(COO)OO)OCc1ccccc1. The Hall–Kier alpha value is -1.63. The van der Waals surface area contributed by atoms with Crippen molar-refractivity contribution in [1.29, 1.82) is 0 Å². The van der Waals surface area contributed by atoms with E-state index in [0.717, 1.165) is 10.6 Å². The second-order valence-corrected chi connectivity index (χ2v) is 4.95. The van der Waals surface area contributed by atoms with Crippen LogP contribution in [0.3, 0.4) is 0 Å². The summed E-state index contributed by atoms with van der Waals surface area (Å²) in [6.45, 7) is -1.04. The molecule has 1 aromatic carbocycles.